The van der Waals surface area contributed by atoms with Gasteiger partial charge in [0.2, 0.25) is 5.91 Å². The Morgan fingerprint density at radius 3 is 2.44 bits per heavy atom. The van der Waals surface area contributed by atoms with Crippen LogP contribution in [-0.2, 0) is 4.79 Å². The lowest BCUT2D eigenvalue weighted by Gasteiger charge is -2.24. The van der Waals surface area contributed by atoms with Crippen molar-refractivity contribution in [2.75, 3.05) is 18.9 Å². The molecule has 0 aliphatic rings. The standard InChI is InChI=1S/C17H17Cl2N3O3/c1-11(12-3-5-13(18)6-4-12)21(2)10-17(23)20-16-8-7-14(22(24)25)9-15(16)19/h3-9,11H,10H2,1-2H3,(H,20,23). The predicted molar refractivity (Wildman–Crippen MR) is 99.2 cm³/mol. The van der Waals surface area contributed by atoms with Crippen LogP contribution >= 0.6 is 23.2 Å². The molecule has 1 unspecified atom stereocenters. The number of rotatable bonds is 6. The topological polar surface area (TPSA) is 75.5 Å². The minimum atomic E-state index is -0.543. The van der Waals surface area contributed by atoms with E-state index >= 15 is 0 Å². The number of nitro benzene ring substituents is 1. The second-order valence-electron chi connectivity index (χ2n) is 5.61. The molecule has 25 heavy (non-hydrogen) atoms. The Kier molecular flexibility index (Phi) is 6.36. The van der Waals surface area contributed by atoms with E-state index in [2.05, 4.69) is 5.32 Å². The van der Waals surface area contributed by atoms with Crippen molar-refractivity contribution in [3.05, 3.63) is 68.2 Å². The van der Waals surface area contributed by atoms with Crippen LogP contribution in [0.2, 0.25) is 10.0 Å². The van der Waals surface area contributed by atoms with Gasteiger partial charge in [0.25, 0.3) is 5.69 Å². The van der Waals surface area contributed by atoms with Crippen LogP contribution in [0.1, 0.15) is 18.5 Å². The predicted octanol–water partition coefficient (Wildman–Crippen LogP) is 4.53. The lowest BCUT2D eigenvalue weighted by atomic mass is 10.1. The molecule has 1 N–H and O–H groups in total. The molecule has 1 atom stereocenters. The molecule has 0 aliphatic heterocycles. The van der Waals surface area contributed by atoms with E-state index in [4.69, 9.17) is 23.2 Å². The van der Waals surface area contributed by atoms with Crippen molar-refractivity contribution in [1.29, 1.82) is 0 Å². The summed E-state index contributed by atoms with van der Waals surface area (Å²) in [5.41, 5.74) is 1.24. The molecule has 0 aromatic heterocycles. The molecule has 2 rings (SSSR count). The van der Waals surface area contributed by atoms with Crippen LogP contribution in [-0.4, -0.2) is 29.3 Å². The molecular formula is C17H17Cl2N3O3. The van der Waals surface area contributed by atoms with Gasteiger partial charge in [-0.3, -0.25) is 19.8 Å². The Morgan fingerprint density at radius 2 is 1.88 bits per heavy atom. The molecule has 0 bridgehead atoms. The average molecular weight is 382 g/mol. The fourth-order valence-electron chi connectivity index (χ4n) is 2.27. The zero-order valence-corrected chi connectivity index (χ0v) is 15.2. The second-order valence-corrected chi connectivity index (χ2v) is 6.46. The lowest BCUT2D eigenvalue weighted by Crippen LogP contribution is -2.32. The highest BCUT2D eigenvalue weighted by Crippen LogP contribution is 2.27. The van der Waals surface area contributed by atoms with Crippen LogP contribution in [0, 0.1) is 10.1 Å². The van der Waals surface area contributed by atoms with Crippen molar-refractivity contribution in [3.8, 4) is 0 Å². The average Bonchev–Trinajstić information content (AvgIpc) is 2.56. The molecule has 2 aromatic rings. The molecule has 0 saturated carbocycles. The molecule has 6 nitrogen and oxygen atoms in total. The van der Waals surface area contributed by atoms with Crippen LogP contribution in [0.4, 0.5) is 11.4 Å². The second kappa shape index (κ2) is 8.29. The number of nitrogens with zero attached hydrogens (tertiary/aromatic N) is 2. The number of nitrogens with one attached hydrogen (secondary N) is 1. The molecule has 8 heteroatoms. The minimum Gasteiger partial charge on any atom is -0.324 e. The zero-order chi connectivity index (χ0) is 18.6. The van der Waals surface area contributed by atoms with Crippen molar-refractivity contribution in [1.82, 2.24) is 4.90 Å². The summed E-state index contributed by atoms with van der Waals surface area (Å²) in [5, 5.41) is 14.2. The highest BCUT2D eigenvalue weighted by atomic mass is 35.5. The summed E-state index contributed by atoms with van der Waals surface area (Å²) in [6.45, 7) is 2.12. The third-order valence-electron chi connectivity index (χ3n) is 3.84. The number of nitro groups is 1. The molecule has 0 radical (unpaired) electrons. The first-order chi connectivity index (χ1) is 11.8. The summed E-state index contributed by atoms with van der Waals surface area (Å²) in [7, 11) is 1.83. The van der Waals surface area contributed by atoms with Gasteiger partial charge < -0.3 is 5.32 Å². The quantitative estimate of drug-likeness (QED) is 0.588. The maximum Gasteiger partial charge on any atom is 0.271 e. The molecule has 0 heterocycles. The molecule has 0 aliphatic carbocycles. The van der Waals surface area contributed by atoms with Gasteiger partial charge in [-0.05, 0) is 37.7 Å². The highest BCUT2D eigenvalue weighted by molar-refractivity contribution is 6.34. The van der Waals surface area contributed by atoms with Gasteiger partial charge in [0.1, 0.15) is 0 Å². The van der Waals surface area contributed by atoms with E-state index in [1.165, 1.54) is 18.2 Å². The van der Waals surface area contributed by atoms with Gasteiger partial charge in [-0.25, -0.2) is 0 Å². The van der Waals surface area contributed by atoms with Gasteiger partial charge in [0.05, 0.1) is 22.2 Å². The maximum absolute atomic E-state index is 12.2. The highest BCUT2D eigenvalue weighted by Gasteiger charge is 2.16. The Labute approximate surface area is 155 Å². The number of hydrogen-bond donors (Lipinski definition) is 1. The first kappa shape index (κ1) is 19.2. The molecule has 0 fully saturated rings. The maximum atomic E-state index is 12.2. The van der Waals surface area contributed by atoms with Crippen LogP contribution in [0.3, 0.4) is 0 Å². The van der Waals surface area contributed by atoms with E-state index < -0.39 is 4.92 Å². The van der Waals surface area contributed by atoms with Crippen molar-refractivity contribution >= 4 is 40.5 Å². The fraction of sp³-hybridized carbons (Fsp3) is 0.235. The summed E-state index contributed by atoms with van der Waals surface area (Å²) < 4.78 is 0. The van der Waals surface area contributed by atoms with Gasteiger partial charge in [0.15, 0.2) is 0 Å². The normalized spacial score (nSPS) is 12.0. The number of carbonyl (C=O) groups excluding carboxylic acids is 1. The zero-order valence-electron chi connectivity index (χ0n) is 13.7. The Hall–Kier alpha value is -2.15. The number of halogens is 2. The molecule has 132 valence electrons. The molecular weight excluding hydrogens is 365 g/mol. The largest absolute Gasteiger partial charge is 0.324 e. The van der Waals surface area contributed by atoms with Crippen LogP contribution in [0.25, 0.3) is 0 Å². The number of non-ortho nitro benzene ring substituents is 1. The molecule has 1 amide bonds. The summed E-state index contributed by atoms with van der Waals surface area (Å²) in [6.07, 6.45) is 0. The monoisotopic (exact) mass is 381 g/mol. The number of likely N-dealkylation sites (N-methyl/N-ethyl adjacent to an activating group) is 1. The van der Waals surface area contributed by atoms with Crippen molar-refractivity contribution in [2.24, 2.45) is 0 Å². The van der Waals surface area contributed by atoms with Crippen LogP contribution in [0.5, 0.6) is 0 Å². The third-order valence-corrected chi connectivity index (χ3v) is 4.41. The number of anilines is 1. The van der Waals surface area contributed by atoms with Crippen molar-refractivity contribution < 1.29 is 9.72 Å². The van der Waals surface area contributed by atoms with E-state index in [1.54, 1.807) is 12.1 Å². The van der Waals surface area contributed by atoms with E-state index in [0.29, 0.717) is 10.7 Å². The van der Waals surface area contributed by atoms with Crippen LogP contribution < -0.4 is 5.32 Å². The van der Waals surface area contributed by atoms with Gasteiger partial charge in [-0.15, -0.1) is 0 Å². The number of hydrogen-bond acceptors (Lipinski definition) is 4. The van der Waals surface area contributed by atoms with E-state index in [1.807, 2.05) is 31.0 Å². The van der Waals surface area contributed by atoms with E-state index in [-0.39, 0.29) is 29.2 Å². The lowest BCUT2D eigenvalue weighted by molar-refractivity contribution is -0.384. The number of benzene rings is 2. The SMILES string of the molecule is CC(c1ccc(Cl)cc1)N(C)CC(=O)Nc1ccc([N+](=O)[O-])cc1Cl. The van der Waals surface area contributed by atoms with Crippen LogP contribution in [0.15, 0.2) is 42.5 Å². The van der Waals surface area contributed by atoms with E-state index in [0.717, 1.165) is 5.56 Å². The van der Waals surface area contributed by atoms with Gasteiger partial charge in [-0.2, -0.15) is 0 Å². The first-order valence-corrected chi connectivity index (χ1v) is 8.23. The molecule has 0 saturated heterocycles. The Balaban J connectivity index is 1.99. The van der Waals surface area contributed by atoms with Gasteiger partial charge in [-0.1, -0.05) is 35.3 Å². The minimum absolute atomic E-state index is 0.00958. The molecule has 0 spiro atoms. The van der Waals surface area contributed by atoms with Gasteiger partial charge >= 0.3 is 0 Å². The summed E-state index contributed by atoms with van der Waals surface area (Å²) in [4.78, 5) is 24.3. The van der Waals surface area contributed by atoms with Gasteiger partial charge in [0, 0.05) is 23.2 Å². The third kappa shape index (κ3) is 5.16. The summed E-state index contributed by atoms with van der Waals surface area (Å²) >= 11 is 11.9. The summed E-state index contributed by atoms with van der Waals surface area (Å²) in [5.74, 6) is -0.265. The smallest absolute Gasteiger partial charge is 0.271 e. The Morgan fingerprint density at radius 1 is 1.24 bits per heavy atom. The molecule has 2 aromatic carbocycles. The Bertz CT molecular complexity index is 781. The van der Waals surface area contributed by atoms with E-state index in [9.17, 15) is 14.9 Å². The summed E-state index contributed by atoms with van der Waals surface area (Å²) in [6, 6.07) is 11.4. The van der Waals surface area contributed by atoms with Crippen molar-refractivity contribution in [2.45, 2.75) is 13.0 Å². The van der Waals surface area contributed by atoms with Crippen molar-refractivity contribution in [3.63, 3.8) is 0 Å². The first-order valence-electron chi connectivity index (χ1n) is 7.47. The number of amides is 1. The number of carbonyl (C=O) groups is 1. The fourth-order valence-corrected chi connectivity index (χ4v) is 2.62.